The highest BCUT2D eigenvalue weighted by molar-refractivity contribution is 6.01. The van der Waals surface area contributed by atoms with Crippen molar-refractivity contribution in [2.45, 2.75) is 38.8 Å². The van der Waals surface area contributed by atoms with Crippen molar-refractivity contribution in [1.29, 1.82) is 10.8 Å². The third kappa shape index (κ3) is 7.53. The first-order chi connectivity index (χ1) is 13.0. The standard InChI is InChI=1S/C20H26N6O2.2ClH/c1-19(2,17(21)23-13-5-9-15(27)10-6-13)25-26-20(3,4)18(22)24-14-7-11-16(28)12-8-14;;/h5-12,27-28H,1-4H3,(H2,21,23)(H2,22,24);2*1H. The molecule has 2 aromatic rings. The van der Waals surface area contributed by atoms with Gasteiger partial charge in [-0.15, -0.1) is 24.8 Å². The number of halogens is 2. The number of aromatic hydroxyl groups is 2. The molecule has 6 N–H and O–H groups in total. The van der Waals surface area contributed by atoms with E-state index in [2.05, 4.69) is 20.9 Å². The number of nitrogens with zero attached hydrogens (tertiary/aromatic N) is 2. The SMILES string of the molecule is CC(C)(N=NC(C)(C)C(=N)Nc1ccc(O)cc1)C(=N)Nc1ccc(O)cc1.Cl.Cl. The molecule has 0 saturated heterocycles. The highest BCUT2D eigenvalue weighted by atomic mass is 35.5. The minimum atomic E-state index is -0.937. The van der Waals surface area contributed by atoms with Gasteiger partial charge in [-0.25, -0.2) is 0 Å². The van der Waals surface area contributed by atoms with Crippen LogP contribution in [-0.4, -0.2) is 33.0 Å². The fourth-order valence-electron chi connectivity index (χ4n) is 2.03. The summed E-state index contributed by atoms with van der Waals surface area (Å²) < 4.78 is 0. The molecule has 2 rings (SSSR count). The summed E-state index contributed by atoms with van der Waals surface area (Å²) in [6, 6.07) is 12.8. The maximum absolute atomic E-state index is 9.34. The zero-order valence-corrected chi connectivity index (χ0v) is 18.9. The summed E-state index contributed by atoms with van der Waals surface area (Å²) in [7, 11) is 0. The van der Waals surface area contributed by atoms with Crippen LogP contribution < -0.4 is 10.6 Å². The summed E-state index contributed by atoms with van der Waals surface area (Å²) in [5.41, 5.74) is -0.554. The highest BCUT2D eigenvalue weighted by Gasteiger charge is 2.28. The van der Waals surface area contributed by atoms with E-state index < -0.39 is 11.1 Å². The average molecular weight is 455 g/mol. The number of rotatable bonds is 6. The van der Waals surface area contributed by atoms with Gasteiger partial charge in [-0.1, -0.05) is 0 Å². The minimum absolute atomic E-state index is 0. The van der Waals surface area contributed by atoms with Gasteiger partial charge in [0.05, 0.1) is 0 Å². The van der Waals surface area contributed by atoms with E-state index in [1.807, 2.05) is 0 Å². The topological polar surface area (TPSA) is 137 Å². The van der Waals surface area contributed by atoms with Crippen molar-refractivity contribution in [3.63, 3.8) is 0 Å². The lowest BCUT2D eigenvalue weighted by molar-refractivity contribution is 0.475. The van der Waals surface area contributed by atoms with Gasteiger partial charge in [0.25, 0.3) is 0 Å². The molecule has 0 radical (unpaired) electrons. The predicted octanol–water partition coefficient (Wildman–Crippen LogP) is 5.43. The molecule has 0 saturated carbocycles. The van der Waals surface area contributed by atoms with E-state index in [1.165, 1.54) is 24.3 Å². The van der Waals surface area contributed by atoms with Crippen molar-refractivity contribution in [2.75, 3.05) is 10.6 Å². The van der Waals surface area contributed by atoms with Gasteiger partial charge in [0, 0.05) is 11.4 Å². The summed E-state index contributed by atoms with van der Waals surface area (Å²) in [6.07, 6.45) is 0. The van der Waals surface area contributed by atoms with Gasteiger partial charge in [0.1, 0.15) is 34.2 Å². The van der Waals surface area contributed by atoms with Crippen molar-refractivity contribution >= 4 is 47.9 Å². The fraction of sp³-hybridized carbons (Fsp3) is 0.300. The zero-order chi connectivity index (χ0) is 20.9. The van der Waals surface area contributed by atoms with E-state index in [-0.39, 0.29) is 48.0 Å². The molecular weight excluding hydrogens is 427 g/mol. The quantitative estimate of drug-likeness (QED) is 0.150. The van der Waals surface area contributed by atoms with Gasteiger partial charge in [-0.2, -0.15) is 10.2 Å². The Labute approximate surface area is 188 Å². The molecule has 0 aliphatic heterocycles. The number of phenolic OH excluding ortho intramolecular Hbond substituents is 2. The Hall–Kier alpha value is -2.84. The number of amidine groups is 2. The lowest BCUT2D eigenvalue weighted by Crippen LogP contribution is -2.38. The maximum atomic E-state index is 9.34. The normalized spacial score (nSPS) is 11.2. The van der Waals surface area contributed by atoms with Crippen LogP contribution in [0.5, 0.6) is 11.5 Å². The molecule has 0 amide bonds. The lowest BCUT2D eigenvalue weighted by Gasteiger charge is -2.25. The monoisotopic (exact) mass is 454 g/mol. The third-order valence-corrected chi connectivity index (χ3v) is 4.05. The van der Waals surface area contributed by atoms with E-state index in [0.717, 1.165) is 0 Å². The molecule has 10 heteroatoms. The van der Waals surface area contributed by atoms with Crippen molar-refractivity contribution in [3.8, 4) is 11.5 Å². The van der Waals surface area contributed by atoms with Crippen molar-refractivity contribution < 1.29 is 10.2 Å². The zero-order valence-electron chi connectivity index (χ0n) is 17.2. The molecule has 0 aliphatic carbocycles. The molecule has 0 unspecified atom stereocenters. The average Bonchev–Trinajstić information content (AvgIpc) is 2.64. The Kier molecular flexibility index (Phi) is 9.78. The van der Waals surface area contributed by atoms with E-state index in [1.54, 1.807) is 52.0 Å². The highest BCUT2D eigenvalue weighted by Crippen LogP contribution is 2.22. The largest absolute Gasteiger partial charge is 0.508 e. The molecule has 0 aliphatic rings. The van der Waals surface area contributed by atoms with Gasteiger partial charge < -0.3 is 20.8 Å². The first-order valence-corrected chi connectivity index (χ1v) is 8.74. The molecule has 0 aromatic heterocycles. The van der Waals surface area contributed by atoms with Crippen LogP contribution in [0.15, 0.2) is 58.8 Å². The van der Waals surface area contributed by atoms with Crippen LogP contribution in [0.25, 0.3) is 0 Å². The molecule has 164 valence electrons. The summed E-state index contributed by atoms with van der Waals surface area (Å²) in [4.78, 5) is 0. The second kappa shape index (κ2) is 10.8. The number of nitrogens with one attached hydrogen (secondary N) is 4. The second-order valence-electron chi connectivity index (χ2n) is 7.41. The smallest absolute Gasteiger partial charge is 0.133 e. The Morgan fingerprint density at radius 2 is 0.933 bits per heavy atom. The van der Waals surface area contributed by atoms with Gasteiger partial charge in [-0.3, -0.25) is 10.8 Å². The second-order valence-corrected chi connectivity index (χ2v) is 7.41. The molecular formula is C20H28Cl2N6O2. The summed E-state index contributed by atoms with van der Waals surface area (Å²) in [5, 5.41) is 49.7. The maximum Gasteiger partial charge on any atom is 0.133 e. The first-order valence-electron chi connectivity index (χ1n) is 8.74. The Morgan fingerprint density at radius 1 is 0.667 bits per heavy atom. The number of hydrogen-bond acceptors (Lipinski definition) is 6. The van der Waals surface area contributed by atoms with E-state index in [4.69, 9.17) is 10.8 Å². The molecule has 0 spiro atoms. The molecule has 0 bridgehead atoms. The van der Waals surface area contributed by atoms with E-state index in [9.17, 15) is 10.2 Å². The summed E-state index contributed by atoms with van der Waals surface area (Å²) >= 11 is 0. The Bertz CT molecular complexity index is 808. The molecule has 0 atom stereocenters. The molecule has 0 heterocycles. The molecule has 2 aromatic carbocycles. The number of hydrogen-bond donors (Lipinski definition) is 6. The molecule has 8 nitrogen and oxygen atoms in total. The van der Waals surface area contributed by atoms with Crippen LogP contribution >= 0.6 is 24.8 Å². The Morgan fingerprint density at radius 3 is 1.20 bits per heavy atom. The number of phenols is 2. The van der Waals surface area contributed by atoms with Gasteiger partial charge in [0.15, 0.2) is 0 Å². The lowest BCUT2D eigenvalue weighted by atomic mass is 10.0. The molecule has 0 fully saturated rings. The number of anilines is 2. The van der Waals surface area contributed by atoms with Gasteiger partial charge in [0.2, 0.25) is 0 Å². The van der Waals surface area contributed by atoms with Gasteiger partial charge >= 0.3 is 0 Å². The van der Waals surface area contributed by atoms with Crippen LogP contribution in [0.1, 0.15) is 27.7 Å². The minimum Gasteiger partial charge on any atom is -0.508 e. The molecule has 30 heavy (non-hydrogen) atoms. The van der Waals surface area contributed by atoms with Gasteiger partial charge in [-0.05, 0) is 76.2 Å². The van der Waals surface area contributed by atoms with Crippen molar-refractivity contribution in [3.05, 3.63) is 48.5 Å². The fourth-order valence-corrected chi connectivity index (χ4v) is 2.03. The van der Waals surface area contributed by atoms with Crippen LogP contribution in [0.3, 0.4) is 0 Å². The van der Waals surface area contributed by atoms with Crippen molar-refractivity contribution in [2.24, 2.45) is 10.2 Å². The predicted molar refractivity (Wildman–Crippen MR) is 126 cm³/mol. The number of azo groups is 1. The van der Waals surface area contributed by atoms with Crippen molar-refractivity contribution in [1.82, 2.24) is 0 Å². The summed E-state index contributed by atoms with van der Waals surface area (Å²) in [6.45, 7) is 7.00. The third-order valence-electron chi connectivity index (χ3n) is 4.05. The Balaban J connectivity index is 0.00000420. The van der Waals surface area contributed by atoms with Crippen LogP contribution in [0.2, 0.25) is 0 Å². The van der Waals surface area contributed by atoms with E-state index >= 15 is 0 Å². The van der Waals surface area contributed by atoms with E-state index in [0.29, 0.717) is 11.4 Å². The van der Waals surface area contributed by atoms with Crippen LogP contribution in [0, 0.1) is 10.8 Å². The van der Waals surface area contributed by atoms with Crippen LogP contribution in [0.4, 0.5) is 11.4 Å². The number of benzene rings is 2. The van der Waals surface area contributed by atoms with Crippen LogP contribution in [-0.2, 0) is 0 Å². The first kappa shape index (κ1) is 27.2. The summed E-state index contributed by atoms with van der Waals surface area (Å²) in [5.74, 6) is 0.571.